The van der Waals surface area contributed by atoms with Crippen LogP contribution < -0.4 is 10.4 Å². The molecule has 8 aromatic rings. The zero-order valence-electron chi connectivity index (χ0n) is 28.7. The SMILES string of the molecule is FC(F)(F)c1cc(C2=c3cc4cc5c(cc4cc3-c3sc4ccccc4c32)=C(c2cc(C(F)(F)F)cc(C(F)(F)F)c2)c2c-5sc3ccccc23)cc(C(F)(F)F)c1. The Hall–Kier alpha value is -5.60. The fourth-order valence-electron chi connectivity index (χ4n) is 8.17. The lowest BCUT2D eigenvalue weighted by molar-refractivity contribution is -0.144. The van der Waals surface area contributed by atoms with Gasteiger partial charge in [-0.15, -0.1) is 22.7 Å². The summed E-state index contributed by atoms with van der Waals surface area (Å²) >= 11 is 2.59. The normalized spacial score (nSPS) is 14.1. The molecule has 10 rings (SSSR count). The summed E-state index contributed by atoms with van der Waals surface area (Å²) < 4.78 is 171. The number of hydrogen-bond acceptors (Lipinski definition) is 2. The van der Waals surface area contributed by atoms with Crippen molar-refractivity contribution in [1.82, 2.24) is 0 Å². The van der Waals surface area contributed by atoms with Crippen molar-refractivity contribution in [1.29, 1.82) is 0 Å². The summed E-state index contributed by atoms with van der Waals surface area (Å²) in [5, 5.41) is 2.98. The fraction of sp³-hybridized carbons (Fsp3) is 0.0909. The first-order chi connectivity index (χ1) is 27.3. The lowest BCUT2D eigenvalue weighted by Crippen LogP contribution is -2.14. The van der Waals surface area contributed by atoms with Gasteiger partial charge in [0, 0.05) is 52.2 Å². The first kappa shape index (κ1) is 36.7. The van der Waals surface area contributed by atoms with Gasteiger partial charge < -0.3 is 0 Å². The highest BCUT2D eigenvalue weighted by molar-refractivity contribution is 7.23. The van der Waals surface area contributed by atoms with Crippen LogP contribution in [0.1, 0.15) is 44.5 Å². The highest BCUT2D eigenvalue weighted by Crippen LogP contribution is 2.51. The number of alkyl halides is 12. The maximum absolute atomic E-state index is 14.2. The number of hydrogen-bond donors (Lipinski definition) is 0. The van der Waals surface area contributed by atoms with Gasteiger partial charge in [0.05, 0.1) is 22.3 Å². The van der Waals surface area contributed by atoms with Gasteiger partial charge in [-0.05, 0) is 116 Å². The van der Waals surface area contributed by atoms with E-state index in [9.17, 15) is 52.7 Å². The van der Waals surface area contributed by atoms with Crippen molar-refractivity contribution in [2.75, 3.05) is 0 Å². The highest BCUT2D eigenvalue weighted by atomic mass is 32.1. The van der Waals surface area contributed by atoms with Crippen LogP contribution in [0.2, 0.25) is 0 Å². The van der Waals surface area contributed by atoms with E-state index in [-0.39, 0.29) is 34.4 Å². The molecule has 0 spiro atoms. The molecular weight excluding hydrogens is 821 g/mol. The third kappa shape index (κ3) is 5.58. The van der Waals surface area contributed by atoms with Crippen molar-refractivity contribution in [3.05, 3.63) is 164 Å². The molecule has 0 fully saturated rings. The molecule has 0 nitrogen and oxygen atoms in total. The molecule has 0 saturated carbocycles. The second kappa shape index (κ2) is 12.0. The van der Waals surface area contributed by atoms with Gasteiger partial charge >= 0.3 is 24.7 Å². The van der Waals surface area contributed by atoms with Crippen LogP contribution >= 0.6 is 22.7 Å². The quantitative estimate of drug-likeness (QED) is 0.152. The summed E-state index contributed by atoms with van der Waals surface area (Å²) in [5.41, 5.74) is -4.23. The lowest BCUT2D eigenvalue weighted by Gasteiger charge is -2.16. The van der Waals surface area contributed by atoms with E-state index in [4.69, 9.17) is 0 Å². The van der Waals surface area contributed by atoms with Gasteiger partial charge in [0.25, 0.3) is 0 Å². The molecule has 2 aliphatic rings. The Morgan fingerprint density at radius 2 is 0.690 bits per heavy atom. The Morgan fingerprint density at radius 3 is 1.02 bits per heavy atom. The molecule has 290 valence electrons. The second-order valence-electron chi connectivity index (χ2n) is 14.1. The van der Waals surface area contributed by atoms with E-state index in [1.165, 1.54) is 22.7 Å². The van der Waals surface area contributed by atoms with Crippen molar-refractivity contribution in [3.63, 3.8) is 0 Å². The minimum absolute atomic E-state index is 0.0784. The van der Waals surface area contributed by atoms with Crippen molar-refractivity contribution in [3.8, 4) is 20.9 Å². The number of halogens is 12. The first-order valence-corrected chi connectivity index (χ1v) is 18.9. The third-order valence-corrected chi connectivity index (χ3v) is 13.0. The van der Waals surface area contributed by atoms with Gasteiger partial charge in [-0.3, -0.25) is 0 Å². The second-order valence-corrected chi connectivity index (χ2v) is 16.2. The molecule has 2 aliphatic carbocycles. The standard InChI is InChI=1S/C44H18F12S2/c45-41(46,47)23-9-21(10-24(17-23)42(48,49)50)35-29-13-19-16-32-30(14-20(19)15-31(29)39-37(35)27-5-1-3-7-33(27)57-39)36(38-28-6-2-4-8-34(28)58-40(32)38)22-11-25(43(51,52)53)18-26(12-22)44(54,55)56/h1-18H. The predicted molar refractivity (Wildman–Crippen MR) is 201 cm³/mol. The monoisotopic (exact) mass is 838 g/mol. The van der Waals surface area contributed by atoms with Crippen LogP contribution in [0.15, 0.2) is 109 Å². The molecule has 0 atom stereocenters. The maximum atomic E-state index is 14.2. The maximum Gasteiger partial charge on any atom is 0.416 e. The van der Waals surface area contributed by atoms with Crippen molar-refractivity contribution in [2.24, 2.45) is 0 Å². The topological polar surface area (TPSA) is 0 Å². The van der Waals surface area contributed by atoms with Crippen molar-refractivity contribution >= 4 is 64.8 Å². The smallest absolute Gasteiger partial charge is 0.166 e. The third-order valence-electron chi connectivity index (χ3n) is 10.6. The summed E-state index contributed by atoms with van der Waals surface area (Å²) in [5.74, 6) is 0. The van der Waals surface area contributed by atoms with Crippen molar-refractivity contribution in [2.45, 2.75) is 24.7 Å². The summed E-state index contributed by atoms with van der Waals surface area (Å²) in [6.45, 7) is 0. The molecule has 14 heteroatoms. The van der Waals surface area contributed by atoms with E-state index >= 15 is 0 Å². The van der Waals surface area contributed by atoms with E-state index in [0.717, 1.165) is 9.40 Å². The van der Waals surface area contributed by atoms with Gasteiger partial charge in [0.2, 0.25) is 0 Å². The average Bonchev–Trinajstić information content (AvgIpc) is 3.88. The molecular formula is C44H18F12S2. The minimum Gasteiger partial charge on any atom is -0.166 e. The van der Waals surface area contributed by atoms with Crippen LogP contribution in [0.25, 0.3) is 63.0 Å². The number of rotatable bonds is 2. The van der Waals surface area contributed by atoms with Crippen LogP contribution in [0.3, 0.4) is 0 Å². The minimum atomic E-state index is -5.10. The fourth-order valence-corrected chi connectivity index (χ4v) is 10.7. The zero-order valence-corrected chi connectivity index (χ0v) is 30.4. The molecule has 0 saturated heterocycles. The van der Waals surface area contributed by atoms with Crippen LogP contribution in [-0.4, -0.2) is 0 Å². The predicted octanol–water partition coefficient (Wildman–Crippen LogP) is 13.8. The molecule has 0 N–H and O–H groups in total. The summed E-state index contributed by atoms with van der Waals surface area (Å²) in [6, 6.07) is 23.7. The van der Waals surface area contributed by atoms with Gasteiger partial charge in [0.1, 0.15) is 0 Å². The van der Waals surface area contributed by atoms with E-state index in [1.807, 2.05) is 0 Å². The van der Waals surface area contributed by atoms with E-state index < -0.39 is 47.0 Å². The number of thiophene rings is 2. The molecule has 2 aromatic heterocycles. The van der Waals surface area contributed by atoms with Gasteiger partial charge in [0.15, 0.2) is 0 Å². The molecule has 0 unspecified atom stereocenters. The number of fused-ring (bicyclic) bond motifs is 11. The average molecular weight is 839 g/mol. The molecule has 6 aromatic carbocycles. The molecule has 0 aliphatic heterocycles. The lowest BCUT2D eigenvalue weighted by atomic mass is 9.93. The van der Waals surface area contributed by atoms with E-state index in [0.29, 0.717) is 88.3 Å². The summed E-state index contributed by atoms with van der Waals surface area (Å²) in [6.07, 6.45) is -20.4. The highest BCUT2D eigenvalue weighted by Gasteiger charge is 2.40. The van der Waals surface area contributed by atoms with Crippen LogP contribution in [-0.2, 0) is 24.7 Å². The Labute approximate surface area is 326 Å². The van der Waals surface area contributed by atoms with Gasteiger partial charge in [-0.25, -0.2) is 0 Å². The molecule has 0 radical (unpaired) electrons. The summed E-state index contributed by atoms with van der Waals surface area (Å²) in [7, 11) is 0. The van der Waals surface area contributed by atoms with Gasteiger partial charge in [-0.1, -0.05) is 36.4 Å². The first-order valence-electron chi connectivity index (χ1n) is 17.3. The molecule has 58 heavy (non-hydrogen) atoms. The largest absolute Gasteiger partial charge is 0.416 e. The molecule has 2 heterocycles. The molecule has 0 amide bonds. The Bertz CT molecular complexity index is 2940. The van der Waals surface area contributed by atoms with Crippen LogP contribution in [0, 0.1) is 0 Å². The Morgan fingerprint density at radius 1 is 0.362 bits per heavy atom. The van der Waals surface area contributed by atoms with E-state index in [1.54, 1.807) is 72.8 Å². The van der Waals surface area contributed by atoms with Crippen LogP contribution in [0.5, 0.6) is 0 Å². The van der Waals surface area contributed by atoms with Crippen molar-refractivity contribution < 1.29 is 52.7 Å². The molecule has 0 bridgehead atoms. The number of benzene rings is 6. The van der Waals surface area contributed by atoms with Crippen LogP contribution in [0.4, 0.5) is 52.7 Å². The zero-order chi connectivity index (χ0) is 40.8. The summed E-state index contributed by atoms with van der Waals surface area (Å²) in [4.78, 5) is 1.17. The Balaban J connectivity index is 1.32. The Kier molecular flexibility index (Phi) is 7.58. The van der Waals surface area contributed by atoms with Gasteiger partial charge in [-0.2, -0.15) is 52.7 Å². The van der Waals surface area contributed by atoms with E-state index in [2.05, 4.69) is 0 Å².